The zero-order valence-electron chi connectivity index (χ0n) is 17.1. The van der Waals surface area contributed by atoms with Crippen molar-refractivity contribution in [2.45, 2.75) is 65.7 Å². The van der Waals surface area contributed by atoms with Gasteiger partial charge in [-0.25, -0.2) is 0 Å². The van der Waals surface area contributed by atoms with E-state index in [-0.39, 0.29) is 17.6 Å². The maximum absolute atomic E-state index is 12.8. The van der Waals surface area contributed by atoms with Crippen LogP contribution in [0, 0.1) is 20.8 Å². The first-order valence-corrected chi connectivity index (χ1v) is 9.49. The van der Waals surface area contributed by atoms with E-state index < -0.39 is 6.10 Å². The number of hydrogen-bond acceptors (Lipinski definition) is 3. The van der Waals surface area contributed by atoms with Crippen molar-refractivity contribution in [3.8, 4) is 11.5 Å². The molecule has 0 saturated carbocycles. The number of hydrogen-bond donors (Lipinski definition) is 1. The molecule has 3 rings (SSSR count). The number of benzene rings is 2. The van der Waals surface area contributed by atoms with Gasteiger partial charge in [0.05, 0.1) is 6.04 Å². The van der Waals surface area contributed by atoms with Crippen LogP contribution >= 0.6 is 0 Å². The summed E-state index contributed by atoms with van der Waals surface area (Å²) in [5.74, 6) is 1.47. The minimum absolute atomic E-state index is 0.0965. The van der Waals surface area contributed by atoms with E-state index in [4.69, 9.17) is 9.47 Å². The third kappa shape index (κ3) is 4.26. The van der Waals surface area contributed by atoms with Crippen molar-refractivity contribution in [3.05, 3.63) is 58.7 Å². The molecule has 4 nitrogen and oxygen atoms in total. The molecular weight excluding hydrogens is 338 g/mol. The first kappa shape index (κ1) is 19.3. The smallest absolute Gasteiger partial charge is 0.261 e. The summed E-state index contributed by atoms with van der Waals surface area (Å²) in [4.78, 5) is 12.8. The molecule has 2 aromatic rings. The third-order valence-electron chi connectivity index (χ3n) is 5.17. The molecule has 1 aliphatic rings. The molecule has 0 aromatic heterocycles. The number of rotatable bonds is 4. The molecule has 0 fully saturated rings. The van der Waals surface area contributed by atoms with Gasteiger partial charge in [-0.05, 0) is 64.8 Å². The molecule has 4 heteroatoms. The highest BCUT2D eigenvalue weighted by Crippen LogP contribution is 2.40. The van der Waals surface area contributed by atoms with Crippen LogP contribution in [0.4, 0.5) is 0 Å². The van der Waals surface area contributed by atoms with Crippen molar-refractivity contribution in [2.24, 2.45) is 0 Å². The molecule has 0 saturated heterocycles. The van der Waals surface area contributed by atoms with Gasteiger partial charge in [0.25, 0.3) is 5.91 Å². The average molecular weight is 367 g/mol. The Morgan fingerprint density at radius 2 is 1.96 bits per heavy atom. The Labute approximate surface area is 161 Å². The van der Waals surface area contributed by atoms with E-state index in [2.05, 4.69) is 11.4 Å². The van der Waals surface area contributed by atoms with Crippen molar-refractivity contribution in [3.63, 3.8) is 0 Å². The standard InChI is InChI=1S/C23H29NO3/c1-14-10-11-21-18(12-14)19(13-23(5,6)27-21)24-22(25)17(4)26-20-9-7-8-15(2)16(20)3/h7-12,17,19H,13H2,1-6H3,(H,24,25)/t17-,19+/m0/s1. The predicted molar refractivity (Wildman–Crippen MR) is 107 cm³/mol. The van der Waals surface area contributed by atoms with Crippen LogP contribution < -0.4 is 14.8 Å². The van der Waals surface area contributed by atoms with Crippen LogP contribution in [-0.2, 0) is 4.79 Å². The molecule has 0 radical (unpaired) electrons. The van der Waals surface area contributed by atoms with Crippen molar-refractivity contribution in [2.75, 3.05) is 0 Å². The van der Waals surface area contributed by atoms with Crippen molar-refractivity contribution < 1.29 is 14.3 Å². The number of carbonyl (C=O) groups is 1. The predicted octanol–water partition coefficient (Wildman–Crippen LogP) is 4.80. The maximum atomic E-state index is 12.8. The second kappa shape index (κ2) is 7.26. The minimum atomic E-state index is -0.579. The quantitative estimate of drug-likeness (QED) is 0.844. The molecule has 27 heavy (non-hydrogen) atoms. The van der Waals surface area contributed by atoms with E-state index in [0.717, 1.165) is 33.8 Å². The zero-order valence-corrected chi connectivity index (χ0v) is 17.1. The number of carbonyl (C=O) groups excluding carboxylic acids is 1. The van der Waals surface area contributed by atoms with Gasteiger partial charge in [0, 0.05) is 12.0 Å². The normalized spacial score (nSPS) is 18.8. The lowest BCUT2D eigenvalue weighted by Crippen LogP contribution is -2.44. The Morgan fingerprint density at radius 3 is 2.70 bits per heavy atom. The maximum Gasteiger partial charge on any atom is 0.261 e. The van der Waals surface area contributed by atoms with Gasteiger partial charge in [0.15, 0.2) is 6.10 Å². The van der Waals surface area contributed by atoms with Gasteiger partial charge in [-0.2, -0.15) is 0 Å². The monoisotopic (exact) mass is 367 g/mol. The van der Waals surface area contributed by atoms with Gasteiger partial charge < -0.3 is 14.8 Å². The van der Waals surface area contributed by atoms with Crippen LogP contribution in [0.1, 0.15) is 55.5 Å². The SMILES string of the molecule is Cc1ccc2c(c1)[C@H](NC(=O)[C@H](C)Oc1cccc(C)c1C)CC(C)(C)O2. The van der Waals surface area contributed by atoms with Crippen LogP contribution in [-0.4, -0.2) is 17.6 Å². The van der Waals surface area contributed by atoms with Crippen LogP contribution in [0.3, 0.4) is 0 Å². The highest BCUT2D eigenvalue weighted by Gasteiger charge is 2.35. The Hall–Kier alpha value is -2.49. The summed E-state index contributed by atoms with van der Waals surface area (Å²) in [7, 11) is 0. The minimum Gasteiger partial charge on any atom is -0.487 e. The molecule has 1 amide bonds. The van der Waals surface area contributed by atoms with E-state index in [0.29, 0.717) is 6.42 Å². The molecule has 2 aromatic carbocycles. The molecule has 144 valence electrons. The van der Waals surface area contributed by atoms with E-state index in [9.17, 15) is 4.79 Å². The summed E-state index contributed by atoms with van der Waals surface area (Å²) in [6.45, 7) is 12.0. The molecule has 2 atom stereocenters. The number of aryl methyl sites for hydroxylation is 2. The summed E-state index contributed by atoms with van der Waals surface area (Å²) in [6, 6.07) is 11.9. The molecule has 0 unspecified atom stereocenters. The highest BCUT2D eigenvalue weighted by molar-refractivity contribution is 5.81. The lowest BCUT2D eigenvalue weighted by atomic mass is 9.89. The van der Waals surface area contributed by atoms with Gasteiger partial charge >= 0.3 is 0 Å². The first-order chi connectivity index (χ1) is 12.7. The Kier molecular flexibility index (Phi) is 5.18. The van der Waals surface area contributed by atoms with Gasteiger partial charge in [-0.15, -0.1) is 0 Å². The van der Waals surface area contributed by atoms with Crippen molar-refractivity contribution >= 4 is 5.91 Å². The number of nitrogens with one attached hydrogen (secondary N) is 1. The lowest BCUT2D eigenvalue weighted by molar-refractivity contribution is -0.128. The fourth-order valence-corrected chi connectivity index (χ4v) is 3.49. The van der Waals surface area contributed by atoms with Crippen molar-refractivity contribution in [1.82, 2.24) is 5.32 Å². The Balaban J connectivity index is 1.77. The summed E-state index contributed by atoms with van der Waals surface area (Å²) < 4.78 is 12.0. The van der Waals surface area contributed by atoms with Crippen LogP contribution in [0.25, 0.3) is 0 Å². The fourth-order valence-electron chi connectivity index (χ4n) is 3.49. The second-order valence-electron chi connectivity index (χ2n) is 8.13. The third-order valence-corrected chi connectivity index (χ3v) is 5.17. The lowest BCUT2D eigenvalue weighted by Gasteiger charge is -2.38. The van der Waals surface area contributed by atoms with Gasteiger partial charge in [0.2, 0.25) is 0 Å². The summed E-state index contributed by atoms with van der Waals surface area (Å²) in [5, 5.41) is 3.17. The fraction of sp³-hybridized carbons (Fsp3) is 0.435. The summed E-state index contributed by atoms with van der Waals surface area (Å²) in [5.41, 5.74) is 4.05. The number of amides is 1. The Bertz CT molecular complexity index is 857. The van der Waals surface area contributed by atoms with Crippen molar-refractivity contribution in [1.29, 1.82) is 0 Å². The van der Waals surface area contributed by atoms with Gasteiger partial charge in [-0.3, -0.25) is 4.79 Å². The van der Waals surface area contributed by atoms with Crippen LogP contribution in [0.15, 0.2) is 36.4 Å². The highest BCUT2D eigenvalue weighted by atomic mass is 16.5. The zero-order chi connectivity index (χ0) is 19.8. The van der Waals surface area contributed by atoms with Crippen LogP contribution in [0.5, 0.6) is 11.5 Å². The second-order valence-corrected chi connectivity index (χ2v) is 8.13. The van der Waals surface area contributed by atoms with Gasteiger partial charge in [0.1, 0.15) is 17.1 Å². The molecule has 1 N–H and O–H groups in total. The largest absolute Gasteiger partial charge is 0.487 e. The summed E-state index contributed by atoms with van der Waals surface area (Å²) in [6.07, 6.45) is 0.135. The van der Waals surface area contributed by atoms with E-state index in [1.54, 1.807) is 6.92 Å². The molecule has 1 aliphatic heterocycles. The topological polar surface area (TPSA) is 47.6 Å². The molecule has 1 heterocycles. The summed E-state index contributed by atoms with van der Waals surface area (Å²) >= 11 is 0. The number of ether oxygens (including phenoxy) is 2. The number of fused-ring (bicyclic) bond motifs is 1. The Morgan fingerprint density at radius 1 is 1.22 bits per heavy atom. The molecular formula is C23H29NO3. The van der Waals surface area contributed by atoms with Gasteiger partial charge in [-0.1, -0.05) is 29.8 Å². The van der Waals surface area contributed by atoms with Crippen LogP contribution in [0.2, 0.25) is 0 Å². The van der Waals surface area contributed by atoms with E-state index in [1.165, 1.54) is 0 Å². The molecule has 0 spiro atoms. The molecule has 0 bridgehead atoms. The van der Waals surface area contributed by atoms with E-state index >= 15 is 0 Å². The first-order valence-electron chi connectivity index (χ1n) is 9.49. The molecule has 0 aliphatic carbocycles. The average Bonchev–Trinajstić information content (AvgIpc) is 2.59. The van der Waals surface area contributed by atoms with E-state index in [1.807, 2.05) is 65.0 Å².